The molecule has 0 heterocycles. The standard InChI is InChI=1S/C12H12INO4/c1-2-6-12(13,18)10(15)8-4-3-5-9(7-8)14-11(16)17/h3-5,7,10,14-15,18H,1H3,(H,16,17). The van der Waals surface area contributed by atoms with E-state index < -0.39 is 15.8 Å². The molecular weight excluding hydrogens is 349 g/mol. The van der Waals surface area contributed by atoms with Crippen LogP contribution in [-0.2, 0) is 0 Å². The van der Waals surface area contributed by atoms with Crippen molar-refractivity contribution in [2.24, 2.45) is 0 Å². The van der Waals surface area contributed by atoms with Gasteiger partial charge in [-0.25, -0.2) is 4.79 Å². The Labute approximate surface area is 118 Å². The number of anilines is 1. The van der Waals surface area contributed by atoms with Gasteiger partial charge < -0.3 is 15.3 Å². The molecule has 0 saturated heterocycles. The molecule has 2 unspecified atom stereocenters. The highest BCUT2D eigenvalue weighted by molar-refractivity contribution is 14.1. The van der Waals surface area contributed by atoms with E-state index in [-0.39, 0.29) is 0 Å². The lowest BCUT2D eigenvalue weighted by molar-refractivity contribution is 0.0422. The molecule has 0 aliphatic carbocycles. The van der Waals surface area contributed by atoms with E-state index in [9.17, 15) is 15.0 Å². The van der Waals surface area contributed by atoms with Crippen molar-refractivity contribution < 1.29 is 20.1 Å². The average Bonchev–Trinajstić information content (AvgIpc) is 2.27. The van der Waals surface area contributed by atoms with Crippen LogP contribution in [0.5, 0.6) is 0 Å². The minimum Gasteiger partial charge on any atom is -0.465 e. The Morgan fingerprint density at radius 2 is 2.22 bits per heavy atom. The van der Waals surface area contributed by atoms with E-state index in [1.165, 1.54) is 6.07 Å². The molecule has 18 heavy (non-hydrogen) atoms. The van der Waals surface area contributed by atoms with Gasteiger partial charge in [0, 0.05) is 5.69 Å². The quantitative estimate of drug-likeness (QED) is 0.377. The Morgan fingerprint density at radius 3 is 2.78 bits per heavy atom. The highest BCUT2D eigenvalue weighted by atomic mass is 127. The highest BCUT2D eigenvalue weighted by Gasteiger charge is 2.31. The van der Waals surface area contributed by atoms with Gasteiger partial charge in [0.1, 0.15) is 6.10 Å². The van der Waals surface area contributed by atoms with Crippen LogP contribution in [0.3, 0.4) is 0 Å². The molecule has 6 heteroatoms. The second-order valence-electron chi connectivity index (χ2n) is 3.51. The van der Waals surface area contributed by atoms with Crippen molar-refractivity contribution in [2.75, 3.05) is 5.32 Å². The summed E-state index contributed by atoms with van der Waals surface area (Å²) < 4.78 is -1.62. The van der Waals surface area contributed by atoms with Crippen molar-refractivity contribution in [1.29, 1.82) is 0 Å². The predicted octanol–water partition coefficient (Wildman–Crippen LogP) is 1.96. The minimum absolute atomic E-state index is 0.315. The first-order valence-electron chi connectivity index (χ1n) is 5.00. The van der Waals surface area contributed by atoms with Gasteiger partial charge >= 0.3 is 6.09 Å². The van der Waals surface area contributed by atoms with Crippen molar-refractivity contribution in [1.82, 2.24) is 0 Å². The number of carboxylic acid groups (broad SMARTS) is 1. The maximum absolute atomic E-state index is 10.5. The zero-order valence-corrected chi connectivity index (χ0v) is 11.7. The van der Waals surface area contributed by atoms with Crippen molar-refractivity contribution in [3.8, 4) is 11.8 Å². The zero-order valence-electron chi connectivity index (χ0n) is 9.51. The number of benzene rings is 1. The fourth-order valence-corrected chi connectivity index (χ4v) is 2.00. The summed E-state index contributed by atoms with van der Waals surface area (Å²) in [6.45, 7) is 1.55. The minimum atomic E-state index is -1.62. The molecule has 96 valence electrons. The van der Waals surface area contributed by atoms with Crippen LogP contribution in [0.4, 0.5) is 10.5 Å². The lowest BCUT2D eigenvalue weighted by atomic mass is 10.0. The molecule has 0 bridgehead atoms. The van der Waals surface area contributed by atoms with Gasteiger partial charge in [0.2, 0.25) is 3.61 Å². The third kappa shape index (κ3) is 3.87. The van der Waals surface area contributed by atoms with Crippen LogP contribution in [0.25, 0.3) is 0 Å². The first-order chi connectivity index (χ1) is 8.36. The second-order valence-corrected chi connectivity index (χ2v) is 5.15. The molecule has 0 saturated carbocycles. The van der Waals surface area contributed by atoms with Crippen LogP contribution in [0.15, 0.2) is 24.3 Å². The zero-order chi connectivity index (χ0) is 13.8. The van der Waals surface area contributed by atoms with Gasteiger partial charge in [0.05, 0.1) is 0 Å². The van der Waals surface area contributed by atoms with Gasteiger partial charge in [-0.15, -0.1) is 5.92 Å². The number of carbonyl (C=O) groups is 1. The van der Waals surface area contributed by atoms with Gasteiger partial charge in [-0.05, 0) is 47.2 Å². The third-order valence-electron chi connectivity index (χ3n) is 2.12. The number of nitrogens with one attached hydrogen (secondary N) is 1. The monoisotopic (exact) mass is 361 g/mol. The highest BCUT2D eigenvalue weighted by Crippen LogP contribution is 2.32. The second kappa shape index (κ2) is 6.04. The summed E-state index contributed by atoms with van der Waals surface area (Å²) in [5.41, 5.74) is 0.691. The molecule has 4 N–H and O–H groups in total. The molecular formula is C12H12INO4. The van der Waals surface area contributed by atoms with E-state index in [1.807, 2.05) is 0 Å². The van der Waals surface area contributed by atoms with Crippen molar-refractivity contribution >= 4 is 34.4 Å². The Kier molecular flexibility index (Phi) is 4.95. The molecule has 1 aromatic carbocycles. The number of hydrogen-bond acceptors (Lipinski definition) is 3. The Bertz CT molecular complexity index is 504. The van der Waals surface area contributed by atoms with E-state index in [0.717, 1.165) is 0 Å². The molecule has 0 aliphatic rings. The van der Waals surface area contributed by atoms with Crippen LogP contribution in [-0.4, -0.2) is 25.0 Å². The molecule has 1 amide bonds. The summed E-state index contributed by atoms with van der Waals surface area (Å²) in [7, 11) is 0. The molecule has 1 aromatic rings. The maximum Gasteiger partial charge on any atom is 0.409 e. The Morgan fingerprint density at radius 1 is 1.56 bits per heavy atom. The van der Waals surface area contributed by atoms with Crippen molar-refractivity contribution in [3.63, 3.8) is 0 Å². The van der Waals surface area contributed by atoms with Crippen LogP contribution in [0.1, 0.15) is 18.6 Å². The van der Waals surface area contributed by atoms with Gasteiger partial charge in [-0.1, -0.05) is 18.1 Å². The number of hydrogen-bond donors (Lipinski definition) is 4. The van der Waals surface area contributed by atoms with Gasteiger partial charge in [-0.2, -0.15) is 0 Å². The molecule has 0 spiro atoms. The van der Waals surface area contributed by atoms with E-state index in [0.29, 0.717) is 11.3 Å². The fraction of sp³-hybridized carbons (Fsp3) is 0.250. The number of alkyl halides is 1. The molecule has 5 nitrogen and oxygen atoms in total. The molecule has 2 atom stereocenters. The molecule has 0 aromatic heterocycles. The van der Waals surface area contributed by atoms with E-state index >= 15 is 0 Å². The number of rotatable bonds is 3. The molecule has 0 radical (unpaired) electrons. The van der Waals surface area contributed by atoms with Crippen LogP contribution < -0.4 is 5.32 Å². The summed E-state index contributed by atoms with van der Waals surface area (Å²) in [6, 6.07) is 6.15. The summed E-state index contributed by atoms with van der Waals surface area (Å²) in [5, 5.41) is 30.7. The van der Waals surface area contributed by atoms with Crippen molar-refractivity contribution in [2.45, 2.75) is 16.6 Å². The summed E-state index contributed by atoms with van der Waals surface area (Å²) >= 11 is 1.64. The van der Waals surface area contributed by atoms with Crippen LogP contribution in [0, 0.1) is 11.8 Å². The predicted molar refractivity (Wildman–Crippen MR) is 75.5 cm³/mol. The lowest BCUT2D eigenvalue weighted by Gasteiger charge is -2.22. The van der Waals surface area contributed by atoms with E-state index in [4.69, 9.17) is 5.11 Å². The smallest absolute Gasteiger partial charge is 0.409 e. The molecule has 1 rings (SSSR count). The van der Waals surface area contributed by atoms with Gasteiger partial charge in [-0.3, -0.25) is 5.32 Å². The van der Waals surface area contributed by atoms with Crippen molar-refractivity contribution in [3.05, 3.63) is 29.8 Å². The Balaban J connectivity index is 3.01. The summed E-state index contributed by atoms with van der Waals surface area (Å²) in [6.07, 6.45) is -2.43. The maximum atomic E-state index is 10.5. The molecule has 0 fully saturated rings. The Hall–Kier alpha value is -1.30. The number of amides is 1. The normalized spacial score (nSPS) is 14.9. The van der Waals surface area contributed by atoms with Gasteiger partial charge in [0.25, 0.3) is 0 Å². The fourth-order valence-electron chi connectivity index (χ4n) is 1.37. The lowest BCUT2D eigenvalue weighted by Crippen LogP contribution is -2.27. The SMILES string of the molecule is CC#CC(O)(I)C(O)c1cccc(NC(=O)O)c1. The average molecular weight is 361 g/mol. The topological polar surface area (TPSA) is 89.8 Å². The molecule has 0 aliphatic heterocycles. The summed E-state index contributed by atoms with van der Waals surface area (Å²) in [5.74, 6) is 5.01. The number of aliphatic hydroxyl groups excluding tert-OH is 1. The summed E-state index contributed by atoms with van der Waals surface area (Å²) in [4.78, 5) is 10.5. The first kappa shape index (κ1) is 14.8. The van der Waals surface area contributed by atoms with E-state index in [2.05, 4.69) is 17.2 Å². The van der Waals surface area contributed by atoms with E-state index in [1.54, 1.807) is 47.7 Å². The largest absolute Gasteiger partial charge is 0.465 e. The number of halogens is 1. The van der Waals surface area contributed by atoms with Gasteiger partial charge in [0.15, 0.2) is 0 Å². The first-order valence-corrected chi connectivity index (χ1v) is 6.08. The van der Waals surface area contributed by atoms with Crippen LogP contribution in [0.2, 0.25) is 0 Å². The number of aliphatic hydroxyl groups is 2. The third-order valence-corrected chi connectivity index (χ3v) is 2.98. The van der Waals surface area contributed by atoms with Crippen LogP contribution >= 0.6 is 22.6 Å².